The number of para-hydroxylation sites is 1. The maximum Gasteiger partial charge on any atom is 0.138 e. The molecule has 0 amide bonds. The van der Waals surface area contributed by atoms with E-state index < -0.39 is 0 Å². The van der Waals surface area contributed by atoms with E-state index in [1.54, 1.807) is 11.0 Å². The number of aliphatic hydroxyl groups is 1. The summed E-state index contributed by atoms with van der Waals surface area (Å²) in [6.45, 7) is 4.11. The molecule has 2 aromatic rings. The quantitative estimate of drug-likeness (QED) is 0.912. The molecule has 1 aliphatic carbocycles. The van der Waals surface area contributed by atoms with Gasteiger partial charge in [-0.1, -0.05) is 31.5 Å². The highest BCUT2D eigenvalue weighted by molar-refractivity contribution is 6.33. The molecule has 0 bridgehead atoms. The van der Waals surface area contributed by atoms with Crippen LogP contribution in [0.1, 0.15) is 20.3 Å². The van der Waals surface area contributed by atoms with Gasteiger partial charge in [0.2, 0.25) is 0 Å². The Morgan fingerprint density at radius 1 is 1.45 bits per heavy atom. The summed E-state index contributed by atoms with van der Waals surface area (Å²) in [5.74, 6) is 0. The van der Waals surface area contributed by atoms with Gasteiger partial charge in [0.1, 0.15) is 18.3 Å². The number of hydrogen-bond donors (Lipinski definition) is 2. The zero-order chi connectivity index (χ0) is 14.3. The Labute approximate surface area is 122 Å². The lowest BCUT2D eigenvalue weighted by molar-refractivity contribution is -0.0510. The lowest BCUT2D eigenvalue weighted by Gasteiger charge is -2.50. The lowest BCUT2D eigenvalue weighted by atomic mass is 9.64. The van der Waals surface area contributed by atoms with Gasteiger partial charge in [-0.25, -0.2) is 9.67 Å². The van der Waals surface area contributed by atoms with Gasteiger partial charge in [0.25, 0.3) is 0 Å². The third-order valence-electron chi connectivity index (χ3n) is 4.18. The van der Waals surface area contributed by atoms with Crippen molar-refractivity contribution in [2.75, 3.05) is 5.32 Å². The molecule has 106 valence electrons. The molecule has 1 aliphatic rings. The van der Waals surface area contributed by atoms with Crippen molar-refractivity contribution in [3.8, 4) is 5.69 Å². The fraction of sp³-hybridized carbons (Fsp3) is 0.429. The number of halogens is 1. The first-order chi connectivity index (χ1) is 9.50. The lowest BCUT2D eigenvalue weighted by Crippen LogP contribution is -2.57. The molecule has 3 rings (SSSR count). The van der Waals surface area contributed by atoms with Crippen LogP contribution in [0.3, 0.4) is 0 Å². The molecule has 20 heavy (non-hydrogen) atoms. The molecule has 0 spiro atoms. The number of nitrogens with zero attached hydrogens (tertiary/aromatic N) is 3. The maximum absolute atomic E-state index is 9.84. The van der Waals surface area contributed by atoms with E-state index in [4.69, 9.17) is 11.6 Å². The van der Waals surface area contributed by atoms with Gasteiger partial charge in [0, 0.05) is 11.5 Å². The summed E-state index contributed by atoms with van der Waals surface area (Å²) in [7, 11) is 0. The van der Waals surface area contributed by atoms with Gasteiger partial charge >= 0.3 is 0 Å². The second kappa shape index (κ2) is 4.75. The summed E-state index contributed by atoms with van der Waals surface area (Å²) in [4.78, 5) is 3.96. The Kier molecular flexibility index (Phi) is 3.18. The van der Waals surface area contributed by atoms with Gasteiger partial charge in [-0.05, 0) is 18.6 Å². The molecule has 0 saturated heterocycles. The number of rotatable bonds is 3. The molecule has 6 heteroatoms. The molecule has 5 nitrogen and oxygen atoms in total. The average molecular weight is 293 g/mol. The van der Waals surface area contributed by atoms with Crippen molar-refractivity contribution in [1.29, 1.82) is 0 Å². The Morgan fingerprint density at radius 2 is 2.25 bits per heavy atom. The topological polar surface area (TPSA) is 63.0 Å². The smallest absolute Gasteiger partial charge is 0.138 e. The molecular formula is C14H17ClN4O. The van der Waals surface area contributed by atoms with Gasteiger partial charge in [-0.3, -0.25) is 0 Å². The van der Waals surface area contributed by atoms with Crippen LogP contribution in [0.15, 0.2) is 30.9 Å². The van der Waals surface area contributed by atoms with Crippen LogP contribution in [0.5, 0.6) is 0 Å². The second-order valence-corrected chi connectivity index (χ2v) is 6.15. The van der Waals surface area contributed by atoms with E-state index in [-0.39, 0.29) is 17.6 Å². The van der Waals surface area contributed by atoms with Crippen molar-refractivity contribution in [1.82, 2.24) is 14.8 Å². The van der Waals surface area contributed by atoms with E-state index >= 15 is 0 Å². The Morgan fingerprint density at radius 3 is 2.85 bits per heavy atom. The molecule has 0 aliphatic heterocycles. The predicted molar refractivity (Wildman–Crippen MR) is 78.2 cm³/mol. The van der Waals surface area contributed by atoms with Crippen LogP contribution in [0.2, 0.25) is 5.02 Å². The van der Waals surface area contributed by atoms with E-state index in [1.165, 1.54) is 6.33 Å². The molecule has 2 N–H and O–H groups in total. The first-order valence-corrected chi connectivity index (χ1v) is 6.96. The number of anilines is 1. The minimum absolute atomic E-state index is 0.151. The first-order valence-electron chi connectivity index (χ1n) is 6.58. The fourth-order valence-electron chi connectivity index (χ4n) is 2.52. The van der Waals surface area contributed by atoms with Crippen molar-refractivity contribution in [2.45, 2.75) is 32.4 Å². The third-order valence-corrected chi connectivity index (χ3v) is 4.49. The number of aliphatic hydroxyl groups excluding tert-OH is 1. The summed E-state index contributed by atoms with van der Waals surface area (Å²) in [6, 6.07) is 5.89. The van der Waals surface area contributed by atoms with Gasteiger partial charge < -0.3 is 10.4 Å². The highest BCUT2D eigenvalue weighted by Gasteiger charge is 2.47. The molecule has 1 fully saturated rings. The normalized spacial score (nSPS) is 24.2. The van der Waals surface area contributed by atoms with Crippen molar-refractivity contribution in [3.63, 3.8) is 0 Å². The van der Waals surface area contributed by atoms with Crippen LogP contribution in [0.25, 0.3) is 5.69 Å². The summed E-state index contributed by atoms with van der Waals surface area (Å²) < 4.78 is 1.65. The summed E-state index contributed by atoms with van der Waals surface area (Å²) in [6.07, 6.45) is 3.56. The molecule has 1 heterocycles. The zero-order valence-electron chi connectivity index (χ0n) is 11.4. The molecule has 2 unspecified atom stereocenters. The predicted octanol–water partition coefficient (Wildman–Crippen LogP) is 2.49. The molecule has 1 saturated carbocycles. The number of benzene rings is 1. The SMILES string of the molecule is CC1(C)C(O)CC1Nc1cccc(Cl)c1-n1cncn1. The zero-order valence-corrected chi connectivity index (χ0v) is 12.2. The van der Waals surface area contributed by atoms with Crippen molar-refractivity contribution in [2.24, 2.45) is 5.41 Å². The minimum atomic E-state index is -0.269. The minimum Gasteiger partial charge on any atom is -0.392 e. The van der Waals surface area contributed by atoms with Gasteiger partial charge in [-0.15, -0.1) is 0 Å². The first kappa shape index (κ1) is 13.4. The van der Waals surface area contributed by atoms with Crippen molar-refractivity contribution in [3.05, 3.63) is 35.9 Å². The monoisotopic (exact) mass is 292 g/mol. The Balaban J connectivity index is 1.93. The van der Waals surface area contributed by atoms with E-state index in [1.807, 2.05) is 18.2 Å². The average Bonchev–Trinajstić information content (AvgIpc) is 2.92. The molecule has 0 radical (unpaired) electrons. The Bertz CT molecular complexity index is 612. The Hall–Kier alpha value is -1.59. The summed E-state index contributed by atoms with van der Waals surface area (Å²) in [5.41, 5.74) is 1.53. The molecule has 1 aromatic heterocycles. The third kappa shape index (κ3) is 2.07. The van der Waals surface area contributed by atoms with Gasteiger partial charge in [0.15, 0.2) is 0 Å². The summed E-state index contributed by atoms with van der Waals surface area (Å²) in [5, 5.41) is 18.1. The van der Waals surface area contributed by atoms with Crippen LogP contribution in [0.4, 0.5) is 5.69 Å². The van der Waals surface area contributed by atoms with Crippen LogP contribution in [-0.2, 0) is 0 Å². The largest absolute Gasteiger partial charge is 0.392 e. The molecule has 2 atom stereocenters. The van der Waals surface area contributed by atoms with Crippen molar-refractivity contribution < 1.29 is 5.11 Å². The van der Waals surface area contributed by atoms with Crippen LogP contribution < -0.4 is 5.32 Å². The fourth-order valence-corrected chi connectivity index (χ4v) is 2.78. The van der Waals surface area contributed by atoms with E-state index in [9.17, 15) is 5.11 Å². The van der Waals surface area contributed by atoms with Crippen molar-refractivity contribution >= 4 is 17.3 Å². The number of nitrogens with one attached hydrogen (secondary N) is 1. The van der Waals surface area contributed by atoms with Crippen LogP contribution in [-0.4, -0.2) is 32.0 Å². The number of hydrogen-bond acceptors (Lipinski definition) is 4. The maximum atomic E-state index is 9.84. The van der Waals surface area contributed by atoms with Crippen LogP contribution in [0, 0.1) is 5.41 Å². The van der Waals surface area contributed by atoms with E-state index in [2.05, 4.69) is 29.2 Å². The number of aromatic nitrogens is 3. The highest BCUT2D eigenvalue weighted by Crippen LogP contribution is 2.43. The van der Waals surface area contributed by atoms with E-state index in [0.717, 1.165) is 17.8 Å². The van der Waals surface area contributed by atoms with Gasteiger partial charge in [0.05, 0.1) is 16.8 Å². The standard InChI is InChI=1S/C14H17ClN4O/c1-14(2)11(6-12(14)20)18-10-5-3-4-9(15)13(10)19-8-16-7-17-19/h3-5,7-8,11-12,18,20H,6H2,1-2H3. The second-order valence-electron chi connectivity index (χ2n) is 5.75. The van der Waals surface area contributed by atoms with Gasteiger partial charge in [-0.2, -0.15) is 5.10 Å². The van der Waals surface area contributed by atoms with E-state index in [0.29, 0.717) is 5.02 Å². The highest BCUT2D eigenvalue weighted by atomic mass is 35.5. The van der Waals surface area contributed by atoms with Crippen LogP contribution >= 0.6 is 11.6 Å². The summed E-state index contributed by atoms with van der Waals surface area (Å²) >= 11 is 6.29. The molecule has 1 aromatic carbocycles. The molecular weight excluding hydrogens is 276 g/mol.